The first-order valence-electron chi connectivity index (χ1n) is 7.95. The van der Waals surface area contributed by atoms with E-state index in [1.54, 1.807) is 17.9 Å². The van der Waals surface area contributed by atoms with Crippen LogP contribution in [0.3, 0.4) is 0 Å². The van der Waals surface area contributed by atoms with Gasteiger partial charge in [-0.05, 0) is 24.6 Å². The van der Waals surface area contributed by atoms with E-state index in [-0.39, 0.29) is 18.9 Å². The largest absolute Gasteiger partial charge is 0.478 e. The Morgan fingerprint density at radius 2 is 1.83 bits per heavy atom. The van der Waals surface area contributed by atoms with Crippen molar-refractivity contribution in [3.05, 3.63) is 60.2 Å². The lowest BCUT2D eigenvalue weighted by Gasteiger charge is -2.34. The minimum Gasteiger partial charge on any atom is -0.478 e. The van der Waals surface area contributed by atoms with Crippen molar-refractivity contribution in [2.24, 2.45) is 0 Å². The van der Waals surface area contributed by atoms with Gasteiger partial charge < -0.3 is 14.4 Å². The number of rotatable bonds is 5. The molecule has 1 aliphatic heterocycles. The minimum atomic E-state index is -0.859. The lowest BCUT2D eigenvalue weighted by molar-refractivity contribution is -0.147. The molecule has 2 aromatic carbocycles. The van der Waals surface area contributed by atoms with Crippen molar-refractivity contribution >= 4 is 17.6 Å². The number of esters is 1. The monoisotopic (exact) mass is 325 g/mol. The molecule has 0 fully saturated rings. The van der Waals surface area contributed by atoms with Crippen LogP contribution in [0.1, 0.15) is 18.9 Å². The number of hydrogen-bond donors (Lipinski definition) is 0. The van der Waals surface area contributed by atoms with Crippen LogP contribution in [0.4, 0.5) is 5.69 Å². The third-order valence-corrected chi connectivity index (χ3v) is 3.81. The average molecular weight is 325 g/mol. The van der Waals surface area contributed by atoms with Gasteiger partial charge in [0.25, 0.3) is 5.91 Å². The molecule has 1 unspecified atom stereocenters. The second kappa shape index (κ2) is 7.17. The van der Waals surface area contributed by atoms with E-state index in [0.717, 1.165) is 5.56 Å². The first kappa shape index (κ1) is 16.1. The van der Waals surface area contributed by atoms with Crippen molar-refractivity contribution < 1.29 is 19.1 Å². The number of carbonyl (C=O) groups excluding carboxylic acids is 2. The van der Waals surface area contributed by atoms with E-state index in [1.807, 2.05) is 48.5 Å². The molecule has 5 nitrogen and oxygen atoms in total. The SMILES string of the molecule is CCOC(=O)CC1Oc2ccccc2N(Cc2ccccc2)C1=O. The van der Waals surface area contributed by atoms with Crippen LogP contribution in [-0.4, -0.2) is 24.6 Å². The molecule has 0 N–H and O–H groups in total. The van der Waals surface area contributed by atoms with Crippen LogP contribution in [-0.2, 0) is 20.9 Å². The number of para-hydroxylation sites is 2. The summed E-state index contributed by atoms with van der Waals surface area (Å²) in [5.74, 6) is -0.0668. The third kappa shape index (κ3) is 3.40. The second-order valence-electron chi connectivity index (χ2n) is 5.49. The number of anilines is 1. The predicted octanol–water partition coefficient (Wildman–Crippen LogP) is 2.93. The molecule has 24 heavy (non-hydrogen) atoms. The third-order valence-electron chi connectivity index (χ3n) is 3.81. The molecule has 0 aliphatic carbocycles. The van der Waals surface area contributed by atoms with Gasteiger partial charge >= 0.3 is 5.97 Å². The summed E-state index contributed by atoms with van der Waals surface area (Å²) in [6.07, 6.45) is -0.950. The second-order valence-corrected chi connectivity index (χ2v) is 5.49. The molecule has 1 aliphatic rings. The van der Waals surface area contributed by atoms with E-state index in [2.05, 4.69) is 0 Å². The number of nitrogens with zero attached hydrogens (tertiary/aromatic N) is 1. The maximum Gasteiger partial charge on any atom is 0.310 e. The van der Waals surface area contributed by atoms with Gasteiger partial charge in [-0.3, -0.25) is 9.59 Å². The van der Waals surface area contributed by atoms with Crippen LogP contribution in [0.25, 0.3) is 0 Å². The van der Waals surface area contributed by atoms with Crippen molar-refractivity contribution in [3.63, 3.8) is 0 Å². The Morgan fingerprint density at radius 1 is 1.12 bits per heavy atom. The Balaban J connectivity index is 1.87. The van der Waals surface area contributed by atoms with Gasteiger partial charge in [0.15, 0.2) is 6.10 Å². The molecule has 3 rings (SSSR count). The van der Waals surface area contributed by atoms with Crippen molar-refractivity contribution in [2.75, 3.05) is 11.5 Å². The van der Waals surface area contributed by atoms with Gasteiger partial charge in [-0.15, -0.1) is 0 Å². The highest BCUT2D eigenvalue weighted by Gasteiger charge is 2.36. The zero-order chi connectivity index (χ0) is 16.9. The molecule has 1 heterocycles. The molecule has 0 radical (unpaired) electrons. The van der Waals surface area contributed by atoms with Gasteiger partial charge in [0.1, 0.15) is 5.75 Å². The predicted molar refractivity (Wildman–Crippen MR) is 89.7 cm³/mol. The Hall–Kier alpha value is -2.82. The number of carbonyl (C=O) groups is 2. The molecule has 1 amide bonds. The molecule has 1 atom stereocenters. The van der Waals surface area contributed by atoms with Gasteiger partial charge in [0.05, 0.1) is 25.3 Å². The quantitative estimate of drug-likeness (QED) is 0.793. The van der Waals surface area contributed by atoms with Gasteiger partial charge in [0.2, 0.25) is 0 Å². The number of hydrogen-bond acceptors (Lipinski definition) is 4. The fourth-order valence-corrected chi connectivity index (χ4v) is 2.71. The fourth-order valence-electron chi connectivity index (χ4n) is 2.71. The minimum absolute atomic E-state index is 0.0910. The number of ether oxygens (including phenoxy) is 2. The summed E-state index contributed by atoms with van der Waals surface area (Å²) < 4.78 is 10.7. The first-order valence-corrected chi connectivity index (χ1v) is 7.95. The maximum absolute atomic E-state index is 12.8. The molecule has 0 bridgehead atoms. The van der Waals surface area contributed by atoms with Crippen LogP contribution in [0, 0.1) is 0 Å². The fraction of sp³-hybridized carbons (Fsp3) is 0.263. The molecular formula is C19H19NO4. The highest BCUT2D eigenvalue weighted by Crippen LogP contribution is 2.35. The van der Waals surface area contributed by atoms with E-state index < -0.39 is 12.1 Å². The average Bonchev–Trinajstić information content (AvgIpc) is 2.59. The van der Waals surface area contributed by atoms with Gasteiger partial charge in [0, 0.05) is 0 Å². The van der Waals surface area contributed by atoms with Gasteiger partial charge in [-0.1, -0.05) is 42.5 Å². The normalized spacial score (nSPS) is 16.3. The van der Waals surface area contributed by atoms with Crippen molar-refractivity contribution in [2.45, 2.75) is 26.0 Å². The Bertz CT molecular complexity index is 729. The number of benzene rings is 2. The van der Waals surface area contributed by atoms with E-state index in [9.17, 15) is 9.59 Å². The van der Waals surface area contributed by atoms with E-state index in [0.29, 0.717) is 18.0 Å². The molecule has 0 aromatic heterocycles. The summed E-state index contributed by atoms with van der Waals surface area (Å²) in [5.41, 5.74) is 1.73. The highest BCUT2D eigenvalue weighted by molar-refractivity contribution is 6.01. The number of fused-ring (bicyclic) bond motifs is 1. The smallest absolute Gasteiger partial charge is 0.310 e. The van der Waals surface area contributed by atoms with Gasteiger partial charge in [-0.25, -0.2) is 0 Å². The van der Waals surface area contributed by atoms with Gasteiger partial charge in [-0.2, -0.15) is 0 Å². The summed E-state index contributed by atoms with van der Waals surface area (Å²) in [6.45, 7) is 2.45. The molecule has 124 valence electrons. The van der Waals surface area contributed by atoms with Crippen LogP contribution >= 0.6 is 0 Å². The zero-order valence-corrected chi connectivity index (χ0v) is 13.5. The topological polar surface area (TPSA) is 55.8 Å². The summed E-state index contributed by atoms with van der Waals surface area (Å²) in [4.78, 5) is 26.3. The van der Waals surface area contributed by atoms with Crippen LogP contribution in [0.5, 0.6) is 5.75 Å². The summed E-state index contributed by atoms with van der Waals surface area (Å²) in [6, 6.07) is 17.1. The maximum atomic E-state index is 12.8. The van der Waals surface area contributed by atoms with Crippen LogP contribution < -0.4 is 9.64 Å². The molecule has 0 saturated heterocycles. The molecule has 5 heteroatoms. The molecule has 0 saturated carbocycles. The summed E-state index contributed by atoms with van der Waals surface area (Å²) in [5, 5.41) is 0. The van der Waals surface area contributed by atoms with E-state index in [4.69, 9.17) is 9.47 Å². The highest BCUT2D eigenvalue weighted by atomic mass is 16.5. The van der Waals surface area contributed by atoms with Crippen molar-refractivity contribution in [1.29, 1.82) is 0 Å². The first-order chi connectivity index (χ1) is 11.7. The Kier molecular flexibility index (Phi) is 4.79. The molecule has 2 aromatic rings. The standard InChI is InChI=1S/C19H19NO4/c1-2-23-18(21)12-17-19(22)20(13-14-8-4-3-5-9-14)15-10-6-7-11-16(15)24-17/h3-11,17H,2,12-13H2,1H3. The molecular weight excluding hydrogens is 306 g/mol. The van der Waals surface area contributed by atoms with Crippen LogP contribution in [0.2, 0.25) is 0 Å². The van der Waals surface area contributed by atoms with E-state index in [1.165, 1.54) is 0 Å². The number of amides is 1. The Labute approximate surface area is 140 Å². The Morgan fingerprint density at radius 3 is 2.58 bits per heavy atom. The van der Waals surface area contributed by atoms with Crippen LogP contribution in [0.15, 0.2) is 54.6 Å². The zero-order valence-electron chi connectivity index (χ0n) is 13.5. The molecule has 0 spiro atoms. The van der Waals surface area contributed by atoms with E-state index >= 15 is 0 Å². The summed E-state index contributed by atoms with van der Waals surface area (Å²) in [7, 11) is 0. The lowest BCUT2D eigenvalue weighted by Crippen LogP contribution is -2.46. The lowest BCUT2D eigenvalue weighted by atomic mass is 10.1. The van der Waals surface area contributed by atoms with Crippen molar-refractivity contribution in [1.82, 2.24) is 0 Å². The van der Waals surface area contributed by atoms with Crippen molar-refractivity contribution in [3.8, 4) is 5.75 Å². The summed E-state index contributed by atoms with van der Waals surface area (Å²) >= 11 is 0.